The van der Waals surface area contributed by atoms with Crippen molar-refractivity contribution in [3.05, 3.63) is 0 Å². The zero-order valence-corrected chi connectivity index (χ0v) is 8.03. The number of aldehydes is 1. The highest BCUT2D eigenvalue weighted by molar-refractivity contribution is 6.27. The lowest BCUT2D eigenvalue weighted by Crippen LogP contribution is -2.46. The molecule has 0 bridgehead atoms. The molecule has 0 spiro atoms. The number of nitrogens with two attached hydrogens (primary N) is 1. The molecule has 0 aromatic carbocycles. The molecule has 1 unspecified atom stereocenters. The van der Waals surface area contributed by atoms with Gasteiger partial charge in [0.1, 0.15) is 6.17 Å². The van der Waals surface area contributed by atoms with Gasteiger partial charge in [0.25, 0.3) is 0 Å². The summed E-state index contributed by atoms with van der Waals surface area (Å²) in [5.41, 5.74) is 8.34. The third-order valence-electron chi connectivity index (χ3n) is 2.13. The Morgan fingerprint density at radius 2 is 2.36 bits per heavy atom. The van der Waals surface area contributed by atoms with Crippen LogP contribution in [0.25, 0.3) is 0 Å². The molecule has 1 fully saturated rings. The average Bonchev–Trinajstić information content (AvgIpc) is 2.65. The molecule has 0 amide bonds. The SMILES string of the molecule is NCCCCN1NCNC1C(=O)C=O. The van der Waals surface area contributed by atoms with Gasteiger partial charge in [0.2, 0.25) is 5.78 Å². The second-order valence-electron chi connectivity index (χ2n) is 3.15. The Balaban J connectivity index is 2.35. The first kappa shape index (κ1) is 11.3. The van der Waals surface area contributed by atoms with E-state index in [0.717, 1.165) is 12.8 Å². The molecule has 0 saturated carbocycles. The van der Waals surface area contributed by atoms with Gasteiger partial charge in [0, 0.05) is 6.54 Å². The quantitative estimate of drug-likeness (QED) is 0.266. The number of nitrogens with zero attached hydrogens (tertiary/aromatic N) is 1. The normalized spacial score (nSPS) is 22.5. The van der Waals surface area contributed by atoms with Gasteiger partial charge in [-0.1, -0.05) is 0 Å². The van der Waals surface area contributed by atoms with Gasteiger partial charge in [0.15, 0.2) is 6.29 Å². The first-order valence-electron chi connectivity index (χ1n) is 4.72. The molecule has 14 heavy (non-hydrogen) atoms. The lowest BCUT2D eigenvalue weighted by atomic mass is 10.2. The van der Waals surface area contributed by atoms with Crippen molar-refractivity contribution in [2.45, 2.75) is 19.0 Å². The minimum atomic E-state index is -0.509. The maximum absolute atomic E-state index is 11.1. The minimum Gasteiger partial charge on any atom is -0.330 e. The van der Waals surface area contributed by atoms with Crippen LogP contribution in [0, 0.1) is 0 Å². The Hall–Kier alpha value is -0.820. The summed E-state index contributed by atoms with van der Waals surface area (Å²) in [5.74, 6) is -0.442. The van der Waals surface area contributed by atoms with Crippen LogP contribution in [0.2, 0.25) is 0 Å². The molecule has 1 heterocycles. The van der Waals surface area contributed by atoms with Crippen LogP contribution < -0.4 is 16.5 Å². The number of hydrazine groups is 1. The fourth-order valence-electron chi connectivity index (χ4n) is 1.40. The van der Waals surface area contributed by atoms with E-state index in [2.05, 4.69) is 10.7 Å². The van der Waals surface area contributed by atoms with Crippen LogP contribution in [0.4, 0.5) is 0 Å². The van der Waals surface area contributed by atoms with Gasteiger partial charge in [-0.3, -0.25) is 14.9 Å². The largest absolute Gasteiger partial charge is 0.330 e. The maximum Gasteiger partial charge on any atom is 0.228 e. The third kappa shape index (κ3) is 2.85. The van der Waals surface area contributed by atoms with Crippen molar-refractivity contribution in [1.29, 1.82) is 0 Å². The van der Waals surface area contributed by atoms with Crippen molar-refractivity contribution in [2.75, 3.05) is 19.8 Å². The number of nitrogens with one attached hydrogen (secondary N) is 2. The summed E-state index contributed by atoms with van der Waals surface area (Å²) in [6, 6.07) is 0. The van der Waals surface area contributed by atoms with E-state index in [4.69, 9.17) is 5.73 Å². The first-order valence-corrected chi connectivity index (χ1v) is 4.72. The molecule has 1 aliphatic heterocycles. The number of carbonyl (C=O) groups excluding carboxylic acids is 2. The summed E-state index contributed by atoms with van der Waals surface area (Å²) < 4.78 is 0. The van der Waals surface area contributed by atoms with Gasteiger partial charge < -0.3 is 5.73 Å². The van der Waals surface area contributed by atoms with Crippen molar-refractivity contribution in [3.8, 4) is 0 Å². The summed E-state index contributed by atoms with van der Waals surface area (Å²) in [6.07, 6.45) is 1.67. The van der Waals surface area contributed by atoms with Crippen LogP contribution in [0.3, 0.4) is 0 Å². The van der Waals surface area contributed by atoms with Gasteiger partial charge in [-0.15, -0.1) is 0 Å². The molecule has 6 nitrogen and oxygen atoms in total. The molecule has 1 aliphatic rings. The highest BCUT2D eigenvalue weighted by Gasteiger charge is 2.28. The van der Waals surface area contributed by atoms with Gasteiger partial charge >= 0.3 is 0 Å². The van der Waals surface area contributed by atoms with E-state index in [1.807, 2.05) is 0 Å². The van der Waals surface area contributed by atoms with Crippen LogP contribution in [0.5, 0.6) is 0 Å². The fourth-order valence-corrected chi connectivity index (χ4v) is 1.40. The minimum absolute atomic E-state index is 0.348. The number of rotatable bonds is 6. The molecule has 1 rings (SSSR count). The molecule has 0 aromatic rings. The Kier molecular flexibility index (Phi) is 4.68. The monoisotopic (exact) mass is 200 g/mol. The summed E-state index contributed by atoms with van der Waals surface area (Å²) >= 11 is 0. The molecule has 1 saturated heterocycles. The molecular formula is C8H16N4O2. The zero-order valence-electron chi connectivity index (χ0n) is 8.03. The van der Waals surface area contributed by atoms with Crippen molar-refractivity contribution in [2.24, 2.45) is 5.73 Å². The summed E-state index contributed by atoms with van der Waals surface area (Å²) in [5, 5.41) is 4.63. The van der Waals surface area contributed by atoms with Crippen LogP contribution in [-0.4, -0.2) is 43.0 Å². The Morgan fingerprint density at radius 3 is 3.00 bits per heavy atom. The van der Waals surface area contributed by atoms with Crippen LogP contribution in [0.15, 0.2) is 0 Å². The van der Waals surface area contributed by atoms with Crippen LogP contribution in [-0.2, 0) is 9.59 Å². The Labute approximate surface area is 82.8 Å². The molecule has 80 valence electrons. The van der Waals surface area contributed by atoms with E-state index in [-0.39, 0.29) is 0 Å². The molecule has 1 atom stereocenters. The van der Waals surface area contributed by atoms with Crippen LogP contribution in [0.1, 0.15) is 12.8 Å². The molecule has 6 heteroatoms. The van der Waals surface area contributed by atoms with Gasteiger partial charge in [-0.25, -0.2) is 10.4 Å². The van der Waals surface area contributed by atoms with Crippen molar-refractivity contribution in [1.82, 2.24) is 15.8 Å². The summed E-state index contributed by atoms with van der Waals surface area (Å²) in [6.45, 7) is 1.88. The lowest BCUT2D eigenvalue weighted by Gasteiger charge is -2.20. The Bertz CT molecular complexity index is 210. The summed E-state index contributed by atoms with van der Waals surface area (Å²) in [7, 11) is 0. The molecule has 0 aromatic heterocycles. The predicted molar refractivity (Wildman–Crippen MR) is 51.0 cm³/mol. The average molecular weight is 200 g/mol. The number of unbranched alkanes of at least 4 members (excludes halogenated alkanes) is 1. The molecule has 0 radical (unpaired) electrons. The topological polar surface area (TPSA) is 87.5 Å². The van der Waals surface area contributed by atoms with Crippen molar-refractivity contribution >= 4 is 12.1 Å². The van der Waals surface area contributed by atoms with Crippen molar-refractivity contribution < 1.29 is 9.59 Å². The van der Waals surface area contributed by atoms with Gasteiger partial charge in [0.05, 0.1) is 6.67 Å². The first-order chi connectivity index (χ1) is 6.79. The molecule has 4 N–H and O–H groups in total. The second kappa shape index (κ2) is 5.82. The van der Waals surface area contributed by atoms with E-state index >= 15 is 0 Å². The van der Waals surface area contributed by atoms with E-state index in [1.165, 1.54) is 0 Å². The van der Waals surface area contributed by atoms with E-state index in [9.17, 15) is 9.59 Å². The lowest BCUT2D eigenvalue weighted by molar-refractivity contribution is -0.133. The number of hydrogen-bond acceptors (Lipinski definition) is 6. The van der Waals surface area contributed by atoms with E-state index in [0.29, 0.717) is 26.0 Å². The van der Waals surface area contributed by atoms with E-state index in [1.54, 1.807) is 5.01 Å². The highest BCUT2D eigenvalue weighted by atomic mass is 16.2. The van der Waals surface area contributed by atoms with Crippen molar-refractivity contribution in [3.63, 3.8) is 0 Å². The standard InChI is InChI=1S/C8H16N4O2/c9-3-1-2-4-12-8(7(14)5-13)10-6-11-12/h5,8,10-11H,1-4,6,9H2. The number of Topliss-reactive ketones (excluding diaryl/α,β-unsaturated/α-hetero) is 1. The Morgan fingerprint density at radius 1 is 1.57 bits per heavy atom. The highest BCUT2D eigenvalue weighted by Crippen LogP contribution is 2.01. The number of carbonyl (C=O) groups is 2. The van der Waals surface area contributed by atoms with Gasteiger partial charge in [-0.2, -0.15) is 0 Å². The van der Waals surface area contributed by atoms with Crippen LogP contribution >= 0.6 is 0 Å². The third-order valence-corrected chi connectivity index (χ3v) is 2.13. The van der Waals surface area contributed by atoms with E-state index < -0.39 is 11.9 Å². The number of ketones is 1. The smallest absolute Gasteiger partial charge is 0.228 e. The number of hydrogen-bond donors (Lipinski definition) is 3. The predicted octanol–water partition coefficient (Wildman–Crippen LogP) is -1.81. The molecular weight excluding hydrogens is 184 g/mol. The van der Waals surface area contributed by atoms with Gasteiger partial charge in [-0.05, 0) is 19.4 Å². The zero-order chi connectivity index (χ0) is 10.4. The fraction of sp³-hybridized carbons (Fsp3) is 0.750. The summed E-state index contributed by atoms with van der Waals surface area (Å²) in [4.78, 5) is 21.4. The molecule has 0 aliphatic carbocycles. The maximum atomic E-state index is 11.1. The second-order valence-corrected chi connectivity index (χ2v) is 3.15.